The van der Waals surface area contributed by atoms with Crippen LogP contribution < -0.4 is 11.3 Å². The molecule has 0 aliphatic carbocycles. The normalized spacial score (nSPS) is 29.4. The molecule has 3 heteroatoms. The molecule has 3 atom stereocenters. The molecule has 3 unspecified atom stereocenters. The molecule has 3 nitrogen and oxygen atoms in total. The first-order valence-corrected chi connectivity index (χ1v) is 6.00. The number of nitrogens with two attached hydrogens (primary N) is 1. The molecule has 0 saturated carbocycles. The molecule has 1 aliphatic rings. The van der Waals surface area contributed by atoms with Gasteiger partial charge in [-0.3, -0.25) is 11.3 Å². The summed E-state index contributed by atoms with van der Waals surface area (Å²) < 4.78 is 5.58. The Hall–Kier alpha value is -0.120. The van der Waals surface area contributed by atoms with Gasteiger partial charge in [0.1, 0.15) is 0 Å². The van der Waals surface area contributed by atoms with Crippen LogP contribution in [0.25, 0.3) is 0 Å². The summed E-state index contributed by atoms with van der Waals surface area (Å²) in [5.74, 6) is 6.21. The van der Waals surface area contributed by atoms with E-state index >= 15 is 0 Å². The first-order chi connectivity index (χ1) is 6.92. The second-order valence-corrected chi connectivity index (χ2v) is 6.01. The van der Waals surface area contributed by atoms with Gasteiger partial charge < -0.3 is 4.74 Å². The SMILES string of the molecule is CC1CC(C(CCC(C)(C)C)NN)CO1. The monoisotopic (exact) mass is 214 g/mol. The van der Waals surface area contributed by atoms with E-state index in [-0.39, 0.29) is 0 Å². The van der Waals surface area contributed by atoms with E-state index in [0.717, 1.165) is 19.4 Å². The van der Waals surface area contributed by atoms with Crippen LogP contribution in [-0.2, 0) is 4.74 Å². The van der Waals surface area contributed by atoms with Gasteiger partial charge in [0.05, 0.1) is 12.7 Å². The van der Waals surface area contributed by atoms with Crippen molar-refractivity contribution < 1.29 is 4.74 Å². The van der Waals surface area contributed by atoms with Crippen molar-refractivity contribution in [2.45, 2.75) is 59.1 Å². The summed E-state index contributed by atoms with van der Waals surface area (Å²) in [6.07, 6.45) is 3.88. The third-order valence-electron chi connectivity index (χ3n) is 3.22. The van der Waals surface area contributed by atoms with Crippen LogP contribution in [0.15, 0.2) is 0 Å². The summed E-state index contributed by atoms with van der Waals surface area (Å²) in [6, 6.07) is 0.411. The summed E-state index contributed by atoms with van der Waals surface area (Å²) in [6.45, 7) is 9.81. The van der Waals surface area contributed by atoms with Crippen molar-refractivity contribution in [3.63, 3.8) is 0 Å². The Labute approximate surface area is 93.7 Å². The topological polar surface area (TPSA) is 47.3 Å². The minimum atomic E-state index is 0.389. The molecule has 0 aromatic rings. The minimum Gasteiger partial charge on any atom is -0.378 e. The molecule has 0 aromatic heterocycles. The predicted octanol–water partition coefficient (Wildman–Crippen LogP) is 2.07. The van der Waals surface area contributed by atoms with Gasteiger partial charge in [-0.05, 0) is 31.6 Å². The highest BCUT2D eigenvalue weighted by atomic mass is 16.5. The number of rotatable bonds is 4. The van der Waals surface area contributed by atoms with E-state index < -0.39 is 0 Å². The van der Waals surface area contributed by atoms with E-state index in [1.54, 1.807) is 0 Å². The fourth-order valence-corrected chi connectivity index (χ4v) is 2.17. The van der Waals surface area contributed by atoms with Crippen LogP contribution in [0.2, 0.25) is 0 Å². The number of ether oxygens (including phenoxy) is 1. The Morgan fingerprint density at radius 2 is 2.13 bits per heavy atom. The van der Waals surface area contributed by atoms with Crippen molar-refractivity contribution in [1.82, 2.24) is 5.43 Å². The molecule has 3 N–H and O–H groups in total. The highest BCUT2D eigenvalue weighted by molar-refractivity contribution is 4.82. The van der Waals surface area contributed by atoms with Crippen LogP contribution in [0.4, 0.5) is 0 Å². The van der Waals surface area contributed by atoms with Gasteiger partial charge in [0.2, 0.25) is 0 Å². The highest BCUT2D eigenvalue weighted by Crippen LogP contribution is 2.28. The van der Waals surface area contributed by atoms with E-state index in [9.17, 15) is 0 Å². The molecule has 0 aromatic carbocycles. The van der Waals surface area contributed by atoms with Crippen LogP contribution in [0.1, 0.15) is 47.0 Å². The van der Waals surface area contributed by atoms with Crippen molar-refractivity contribution in [2.75, 3.05) is 6.61 Å². The predicted molar refractivity (Wildman–Crippen MR) is 63.3 cm³/mol. The van der Waals surface area contributed by atoms with Gasteiger partial charge in [-0.1, -0.05) is 20.8 Å². The maximum Gasteiger partial charge on any atom is 0.0551 e. The van der Waals surface area contributed by atoms with E-state index in [1.807, 2.05) is 0 Å². The summed E-state index contributed by atoms with van der Waals surface area (Å²) in [4.78, 5) is 0. The highest BCUT2D eigenvalue weighted by Gasteiger charge is 2.29. The van der Waals surface area contributed by atoms with Crippen molar-refractivity contribution in [2.24, 2.45) is 17.2 Å². The lowest BCUT2D eigenvalue weighted by atomic mass is 9.85. The zero-order chi connectivity index (χ0) is 11.5. The molecule has 15 heavy (non-hydrogen) atoms. The van der Waals surface area contributed by atoms with Crippen LogP contribution in [0, 0.1) is 11.3 Å². The van der Waals surface area contributed by atoms with Crippen LogP contribution in [0.5, 0.6) is 0 Å². The molecule has 1 saturated heterocycles. The van der Waals surface area contributed by atoms with Gasteiger partial charge in [-0.2, -0.15) is 0 Å². The quantitative estimate of drug-likeness (QED) is 0.556. The van der Waals surface area contributed by atoms with Crippen molar-refractivity contribution in [3.05, 3.63) is 0 Å². The smallest absolute Gasteiger partial charge is 0.0551 e. The number of hydrogen-bond donors (Lipinski definition) is 2. The van der Waals surface area contributed by atoms with Gasteiger partial charge in [0.25, 0.3) is 0 Å². The largest absolute Gasteiger partial charge is 0.378 e. The average Bonchev–Trinajstić information content (AvgIpc) is 2.51. The molecule has 1 rings (SSSR count). The summed E-state index contributed by atoms with van der Waals surface area (Å²) in [5, 5.41) is 0. The van der Waals surface area contributed by atoms with E-state index in [2.05, 4.69) is 33.1 Å². The maximum absolute atomic E-state index is 5.62. The lowest BCUT2D eigenvalue weighted by Crippen LogP contribution is -2.41. The van der Waals surface area contributed by atoms with Gasteiger partial charge in [0.15, 0.2) is 0 Å². The molecule has 1 aliphatic heterocycles. The van der Waals surface area contributed by atoms with E-state index in [4.69, 9.17) is 10.6 Å². The molecule has 0 amide bonds. The number of hydrogen-bond acceptors (Lipinski definition) is 3. The number of hydrazine groups is 1. The fraction of sp³-hybridized carbons (Fsp3) is 1.00. The minimum absolute atomic E-state index is 0.389. The lowest BCUT2D eigenvalue weighted by molar-refractivity contribution is 0.115. The number of nitrogens with one attached hydrogen (secondary N) is 1. The molecule has 90 valence electrons. The summed E-state index contributed by atoms with van der Waals surface area (Å²) >= 11 is 0. The molecular weight excluding hydrogens is 188 g/mol. The molecule has 0 radical (unpaired) electrons. The van der Waals surface area contributed by atoms with Gasteiger partial charge in [-0.15, -0.1) is 0 Å². The zero-order valence-corrected chi connectivity index (χ0v) is 10.5. The Morgan fingerprint density at radius 3 is 2.53 bits per heavy atom. The fourth-order valence-electron chi connectivity index (χ4n) is 2.17. The van der Waals surface area contributed by atoms with Gasteiger partial charge >= 0.3 is 0 Å². The van der Waals surface area contributed by atoms with Crippen molar-refractivity contribution in [1.29, 1.82) is 0 Å². The maximum atomic E-state index is 5.62. The lowest BCUT2D eigenvalue weighted by Gasteiger charge is -2.26. The van der Waals surface area contributed by atoms with Crippen molar-refractivity contribution in [3.8, 4) is 0 Å². The van der Waals surface area contributed by atoms with E-state index in [1.165, 1.54) is 6.42 Å². The first-order valence-electron chi connectivity index (χ1n) is 6.00. The molecule has 0 bridgehead atoms. The Balaban J connectivity index is 2.36. The summed E-state index contributed by atoms with van der Waals surface area (Å²) in [7, 11) is 0. The summed E-state index contributed by atoms with van der Waals surface area (Å²) in [5.41, 5.74) is 3.35. The first kappa shape index (κ1) is 12.9. The second-order valence-electron chi connectivity index (χ2n) is 6.01. The van der Waals surface area contributed by atoms with Crippen molar-refractivity contribution >= 4 is 0 Å². The molecule has 1 fully saturated rings. The van der Waals surface area contributed by atoms with Crippen LogP contribution in [-0.4, -0.2) is 18.8 Å². The molecular formula is C12H26N2O. The molecule has 1 heterocycles. The second kappa shape index (κ2) is 5.28. The van der Waals surface area contributed by atoms with Crippen LogP contribution in [0.3, 0.4) is 0 Å². The van der Waals surface area contributed by atoms with Gasteiger partial charge in [-0.25, -0.2) is 0 Å². The third kappa shape index (κ3) is 4.49. The third-order valence-corrected chi connectivity index (χ3v) is 3.22. The zero-order valence-electron chi connectivity index (χ0n) is 10.5. The Morgan fingerprint density at radius 1 is 1.47 bits per heavy atom. The molecule has 0 spiro atoms. The standard InChI is InChI=1S/C12H26N2O/c1-9-7-10(8-15-9)11(14-13)5-6-12(2,3)4/h9-11,14H,5-8,13H2,1-4H3. The van der Waals surface area contributed by atoms with Crippen LogP contribution >= 0.6 is 0 Å². The van der Waals surface area contributed by atoms with Gasteiger partial charge in [0, 0.05) is 12.0 Å². The Kier molecular flexibility index (Phi) is 4.56. The Bertz CT molecular complexity index is 189. The van der Waals surface area contributed by atoms with E-state index in [0.29, 0.717) is 23.5 Å². The average molecular weight is 214 g/mol.